The van der Waals surface area contributed by atoms with Crippen LogP contribution in [0.3, 0.4) is 0 Å². The van der Waals surface area contributed by atoms with Crippen LogP contribution in [0.15, 0.2) is 54.6 Å². The van der Waals surface area contributed by atoms with Crippen molar-refractivity contribution in [2.75, 3.05) is 13.2 Å². The Bertz CT molecular complexity index is 726. The first-order valence-corrected chi connectivity index (χ1v) is 11.3. The number of nitrogens with one attached hydrogen (secondary N) is 1. The minimum absolute atomic E-state index is 0.0110. The van der Waals surface area contributed by atoms with Gasteiger partial charge in [-0.05, 0) is 60.9 Å². The normalized spacial score (nSPS) is 18.9. The highest BCUT2D eigenvalue weighted by Crippen LogP contribution is 2.37. The molecule has 3 rings (SSSR count). The van der Waals surface area contributed by atoms with Crippen molar-refractivity contribution < 1.29 is 9.53 Å². The fraction of sp³-hybridized carbons (Fsp3) is 0.500. The fourth-order valence-electron chi connectivity index (χ4n) is 4.34. The second-order valence-corrected chi connectivity index (χ2v) is 8.21. The third-order valence-electron chi connectivity index (χ3n) is 6.04. The Morgan fingerprint density at radius 1 is 0.966 bits per heavy atom. The number of rotatable bonds is 10. The molecule has 0 aromatic heterocycles. The zero-order valence-corrected chi connectivity index (χ0v) is 17.7. The second kappa shape index (κ2) is 11.6. The van der Waals surface area contributed by atoms with E-state index < -0.39 is 0 Å². The van der Waals surface area contributed by atoms with Crippen LogP contribution in [0.5, 0.6) is 5.75 Å². The minimum Gasteiger partial charge on any atom is -0.494 e. The predicted octanol–water partition coefficient (Wildman–Crippen LogP) is 6.35. The molecule has 2 aromatic rings. The number of hydrogen-bond acceptors (Lipinski definition) is 2. The van der Waals surface area contributed by atoms with Crippen molar-refractivity contribution >= 4 is 5.91 Å². The lowest BCUT2D eigenvalue weighted by molar-refractivity contribution is 0.0941. The fourth-order valence-corrected chi connectivity index (χ4v) is 4.34. The average molecular weight is 394 g/mol. The van der Waals surface area contributed by atoms with E-state index in [1.807, 2.05) is 24.3 Å². The molecule has 1 aliphatic carbocycles. The monoisotopic (exact) mass is 393 g/mol. The number of hydrogen-bond donors (Lipinski definition) is 1. The summed E-state index contributed by atoms with van der Waals surface area (Å²) in [5, 5.41) is 3.17. The molecule has 1 N–H and O–H groups in total. The lowest BCUT2D eigenvalue weighted by Crippen LogP contribution is -2.33. The summed E-state index contributed by atoms with van der Waals surface area (Å²) in [7, 11) is 0. The van der Waals surface area contributed by atoms with Gasteiger partial charge in [0.1, 0.15) is 5.75 Å². The summed E-state index contributed by atoms with van der Waals surface area (Å²) in [6, 6.07) is 18.3. The van der Waals surface area contributed by atoms with Crippen molar-refractivity contribution in [2.45, 2.75) is 64.2 Å². The van der Waals surface area contributed by atoms with E-state index in [2.05, 4.69) is 42.6 Å². The summed E-state index contributed by atoms with van der Waals surface area (Å²) in [6.45, 7) is 3.70. The third kappa shape index (κ3) is 6.62. The molecule has 0 bridgehead atoms. The van der Waals surface area contributed by atoms with Gasteiger partial charge in [0.25, 0.3) is 5.91 Å². The van der Waals surface area contributed by atoms with Crippen LogP contribution in [0.2, 0.25) is 0 Å². The van der Waals surface area contributed by atoms with E-state index in [4.69, 9.17) is 4.74 Å². The third-order valence-corrected chi connectivity index (χ3v) is 6.04. The highest BCUT2D eigenvalue weighted by molar-refractivity contribution is 5.94. The van der Waals surface area contributed by atoms with Crippen molar-refractivity contribution in [3.63, 3.8) is 0 Å². The molecule has 0 heterocycles. The molecule has 2 aromatic carbocycles. The maximum atomic E-state index is 12.6. The van der Waals surface area contributed by atoms with Crippen LogP contribution in [-0.2, 0) is 0 Å². The molecular weight excluding hydrogens is 358 g/mol. The Morgan fingerprint density at radius 2 is 1.72 bits per heavy atom. The van der Waals surface area contributed by atoms with E-state index in [9.17, 15) is 4.79 Å². The summed E-state index contributed by atoms with van der Waals surface area (Å²) < 4.78 is 5.77. The number of carbonyl (C=O) groups is 1. The second-order valence-electron chi connectivity index (χ2n) is 8.21. The Kier molecular flexibility index (Phi) is 8.60. The number of amides is 1. The van der Waals surface area contributed by atoms with Gasteiger partial charge >= 0.3 is 0 Å². The minimum atomic E-state index is 0.0110. The summed E-state index contributed by atoms with van der Waals surface area (Å²) in [5.41, 5.74) is 2.11. The van der Waals surface area contributed by atoms with Crippen LogP contribution in [-0.4, -0.2) is 19.1 Å². The molecule has 0 aliphatic heterocycles. The summed E-state index contributed by atoms with van der Waals surface area (Å²) >= 11 is 0. The van der Waals surface area contributed by atoms with Crippen LogP contribution < -0.4 is 10.1 Å². The topological polar surface area (TPSA) is 38.3 Å². The quantitative estimate of drug-likeness (QED) is 0.478. The van der Waals surface area contributed by atoms with Crippen LogP contribution >= 0.6 is 0 Å². The van der Waals surface area contributed by atoms with E-state index in [1.54, 1.807) is 0 Å². The molecule has 0 radical (unpaired) electrons. The Morgan fingerprint density at radius 3 is 2.48 bits per heavy atom. The molecule has 29 heavy (non-hydrogen) atoms. The molecule has 3 heteroatoms. The maximum Gasteiger partial charge on any atom is 0.251 e. The van der Waals surface area contributed by atoms with E-state index in [0.717, 1.165) is 25.3 Å². The zero-order valence-electron chi connectivity index (χ0n) is 17.7. The van der Waals surface area contributed by atoms with Crippen molar-refractivity contribution in [1.82, 2.24) is 5.32 Å². The molecule has 2 atom stereocenters. The molecule has 1 unspecified atom stereocenters. The highest BCUT2D eigenvalue weighted by atomic mass is 16.5. The van der Waals surface area contributed by atoms with E-state index in [0.29, 0.717) is 17.4 Å². The maximum absolute atomic E-state index is 12.6. The molecule has 1 fully saturated rings. The molecule has 1 amide bonds. The molecule has 1 saturated carbocycles. The van der Waals surface area contributed by atoms with Gasteiger partial charge in [-0.25, -0.2) is 0 Å². The molecule has 0 spiro atoms. The predicted molar refractivity (Wildman–Crippen MR) is 120 cm³/mol. The van der Waals surface area contributed by atoms with E-state index >= 15 is 0 Å². The number of ether oxygens (including phenoxy) is 1. The lowest BCUT2D eigenvalue weighted by Gasteiger charge is -2.32. The molecule has 156 valence electrons. The van der Waals surface area contributed by atoms with Gasteiger partial charge in [0, 0.05) is 12.1 Å². The van der Waals surface area contributed by atoms with Crippen molar-refractivity contribution in [1.29, 1.82) is 0 Å². The van der Waals surface area contributed by atoms with Gasteiger partial charge in [0.15, 0.2) is 0 Å². The molecular formula is C26H35NO2. The summed E-state index contributed by atoms with van der Waals surface area (Å²) in [4.78, 5) is 12.6. The van der Waals surface area contributed by atoms with Crippen LogP contribution in [0.4, 0.5) is 0 Å². The Hall–Kier alpha value is -2.29. The summed E-state index contributed by atoms with van der Waals surface area (Å²) in [6.07, 6.45) is 9.73. The van der Waals surface area contributed by atoms with Crippen LogP contribution in [0.25, 0.3) is 0 Å². The molecule has 1 aliphatic rings. The SMILES string of the molecule is CCCCCCOc1ccc(C(=O)NCC2CCCC[C@H]2c2ccccc2)cc1. The van der Waals surface area contributed by atoms with Gasteiger partial charge in [0.05, 0.1) is 6.61 Å². The lowest BCUT2D eigenvalue weighted by atomic mass is 9.75. The number of benzene rings is 2. The van der Waals surface area contributed by atoms with Crippen molar-refractivity contribution in [3.8, 4) is 5.75 Å². The van der Waals surface area contributed by atoms with E-state index in [-0.39, 0.29) is 5.91 Å². The largest absolute Gasteiger partial charge is 0.494 e. The van der Waals surface area contributed by atoms with Crippen LogP contribution in [0.1, 0.15) is 80.1 Å². The first kappa shape index (κ1) is 21.4. The van der Waals surface area contributed by atoms with Gasteiger partial charge < -0.3 is 10.1 Å². The highest BCUT2D eigenvalue weighted by Gasteiger charge is 2.26. The van der Waals surface area contributed by atoms with Gasteiger partial charge in [-0.2, -0.15) is 0 Å². The first-order chi connectivity index (χ1) is 14.3. The Labute approximate surface area is 175 Å². The zero-order chi connectivity index (χ0) is 20.3. The Balaban J connectivity index is 1.48. The van der Waals surface area contributed by atoms with Crippen molar-refractivity contribution in [2.24, 2.45) is 5.92 Å². The molecule has 0 saturated heterocycles. The standard InChI is InChI=1S/C26H35NO2/c1-2-3-4-10-19-29-24-17-15-22(16-18-24)26(28)27-20-23-13-8-9-14-25(23)21-11-6-5-7-12-21/h5-7,11-12,15-18,23,25H,2-4,8-10,13-14,19-20H2,1H3,(H,27,28)/t23?,25-/m0/s1. The van der Waals surface area contributed by atoms with Gasteiger partial charge in [0.2, 0.25) is 0 Å². The van der Waals surface area contributed by atoms with Gasteiger partial charge in [-0.3, -0.25) is 4.79 Å². The van der Waals surface area contributed by atoms with Crippen molar-refractivity contribution in [3.05, 3.63) is 65.7 Å². The van der Waals surface area contributed by atoms with Crippen LogP contribution in [0, 0.1) is 5.92 Å². The van der Waals surface area contributed by atoms with Gasteiger partial charge in [-0.15, -0.1) is 0 Å². The average Bonchev–Trinajstić information content (AvgIpc) is 2.78. The number of carbonyl (C=O) groups excluding carboxylic acids is 1. The van der Waals surface area contributed by atoms with E-state index in [1.165, 1.54) is 50.5 Å². The smallest absolute Gasteiger partial charge is 0.251 e. The summed E-state index contributed by atoms with van der Waals surface area (Å²) in [5.74, 6) is 1.92. The first-order valence-electron chi connectivity index (χ1n) is 11.3. The number of unbranched alkanes of at least 4 members (excludes halogenated alkanes) is 3. The molecule has 3 nitrogen and oxygen atoms in total. The van der Waals surface area contributed by atoms with Gasteiger partial charge in [-0.1, -0.05) is 69.4 Å².